The number of hydrogen-bond donors (Lipinski definition) is 0. The van der Waals surface area contributed by atoms with Gasteiger partial charge in [0.15, 0.2) is 0 Å². The van der Waals surface area contributed by atoms with E-state index in [1.54, 1.807) is 34.6 Å². The van der Waals surface area contributed by atoms with Crippen LogP contribution in [-0.2, 0) is 30.7 Å². The van der Waals surface area contributed by atoms with E-state index in [2.05, 4.69) is 11.5 Å². The highest BCUT2D eigenvalue weighted by atomic mass is 32.2. The van der Waals surface area contributed by atoms with Gasteiger partial charge in [0.05, 0.1) is 18.1 Å². The van der Waals surface area contributed by atoms with Crippen molar-refractivity contribution in [3.05, 3.63) is 66.7 Å². The zero-order valence-corrected chi connectivity index (χ0v) is 24.4. The van der Waals surface area contributed by atoms with Crippen LogP contribution in [0.4, 0.5) is 0 Å². The van der Waals surface area contributed by atoms with Gasteiger partial charge in [-0.1, -0.05) is 18.2 Å². The summed E-state index contributed by atoms with van der Waals surface area (Å²) >= 11 is 0. The maximum absolute atomic E-state index is 13.6. The van der Waals surface area contributed by atoms with E-state index in [1.165, 1.54) is 0 Å². The Bertz CT molecular complexity index is 1170. The number of morpholine rings is 1. The summed E-state index contributed by atoms with van der Waals surface area (Å²) in [6, 6.07) is 13.8. The molecule has 2 aromatic rings. The lowest BCUT2D eigenvalue weighted by atomic mass is 10.1. The molecule has 3 rings (SSSR count). The van der Waals surface area contributed by atoms with Crippen molar-refractivity contribution in [3.8, 4) is 11.5 Å². The van der Waals surface area contributed by atoms with Gasteiger partial charge in [-0.15, -0.1) is 6.58 Å². The van der Waals surface area contributed by atoms with Crippen LogP contribution < -0.4 is 4.74 Å². The summed E-state index contributed by atoms with van der Waals surface area (Å²) in [5.41, 5.74) is 0.509. The Labute approximate surface area is 233 Å². The van der Waals surface area contributed by atoms with Crippen LogP contribution in [0.25, 0.3) is 0 Å². The van der Waals surface area contributed by atoms with E-state index >= 15 is 0 Å². The molecule has 0 spiro atoms. The van der Waals surface area contributed by atoms with Gasteiger partial charge in [-0.05, 0) is 82.5 Å². The summed E-state index contributed by atoms with van der Waals surface area (Å²) in [7, 11) is -3.71. The molecular weight excluding hydrogens is 516 g/mol. The molecule has 0 saturated carbocycles. The van der Waals surface area contributed by atoms with Gasteiger partial charge in [0, 0.05) is 38.6 Å². The summed E-state index contributed by atoms with van der Waals surface area (Å²) in [6.07, 6.45) is 3.20. The normalized spacial score (nSPS) is 15.6. The molecule has 0 unspecified atom stereocenters. The van der Waals surface area contributed by atoms with Crippen LogP contribution >= 0.6 is 0 Å². The molecule has 1 aliphatic rings. The average molecular weight is 559 g/mol. The molecule has 214 valence electrons. The van der Waals surface area contributed by atoms with Crippen LogP contribution in [-0.4, -0.2) is 74.6 Å². The third kappa shape index (κ3) is 9.76. The number of ether oxygens (including phenoxy) is 3. The highest BCUT2D eigenvalue weighted by molar-refractivity contribution is 7.89. The molecule has 0 aromatic heterocycles. The van der Waals surface area contributed by atoms with E-state index in [0.717, 1.165) is 18.7 Å². The van der Waals surface area contributed by atoms with Crippen molar-refractivity contribution in [2.75, 3.05) is 39.4 Å². The molecule has 1 saturated heterocycles. The fourth-order valence-corrected chi connectivity index (χ4v) is 5.95. The van der Waals surface area contributed by atoms with Crippen LogP contribution in [0.5, 0.6) is 11.5 Å². The van der Waals surface area contributed by atoms with E-state index in [9.17, 15) is 13.2 Å². The van der Waals surface area contributed by atoms with Gasteiger partial charge in [-0.25, -0.2) is 8.42 Å². The molecule has 0 bridgehead atoms. The first-order valence-electron chi connectivity index (χ1n) is 13.5. The van der Waals surface area contributed by atoms with Crippen LogP contribution in [0, 0.1) is 0 Å². The van der Waals surface area contributed by atoms with Crippen LogP contribution in [0.1, 0.15) is 46.1 Å². The van der Waals surface area contributed by atoms with E-state index in [-0.39, 0.29) is 16.9 Å². The molecule has 0 N–H and O–H groups in total. The number of hydrogen-bond acceptors (Lipinski definition) is 7. The van der Waals surface area contributed by atoms with Gasteiger partial charge >= 0.3 is 5.97 Å². The molecule has 2 aromatic carbocycles. The Morgan fingerprint density at radius 1 is 1.08 bits per heavy atom. The molecule has 39 heavy (non-hydrogen) atoms. The molecule has 1 heterocycles. The summed E-state index contributed by atoms with van der Waals surface area (Å²) < 4.78 is 45.4. The minimum Gasteiger partial charge on any atom is -0.460 e. The largest absolute Gasteiger partial charge is 0.460 e. The second-order valence-electron chi connectivity index (χ2n) is 10.7. The minimum atomic E-state index is -3.71. The Hall–Kier alpha value is -2.72. The minimum absolute atomic E-state index is 0.210. The summed E-state index contributed by atoms with van der Waals surface area (Å²) in [5, 5.41) is 0. The number of rotatable bonds is 13. The quantitative estimate of drug-likeness (QED) is 0.252. The van der Waals surface area contributed by atoms with Crippen molar-refractivity contribution < 1.29 is 27.4 Å². The highest BCUT2D eigenvalue weighted by Crippen LogP contribution is 2.26. The molecule has 1 aliphatic heterocycles. The van der Waals surface area contributed by atoms with Crippen molar-refractivity contribution in [1.29, 1.82) is 0 Å². The van der Waals surface area contributed by atoms with Crippen LogP contribution in [0.15, 0.2) is 66.1 Å². The second kappa shape index (κ2) is 14.1. The van der Waals surface area contributed by atoms with Gasteiger partial charge in [0.1, 0.15) is 17.1 Å². The molecular formula is C30H42N2O6S. The molecule has 8 nitrogen and oxygen atoms in total. The number of benzene rings is 2. The third-order valence-corrected chi connectivity index (χ3v) is 8.39. The smallest absolute Gasteiger partial charge is 0.306 e. The maximum atomic E-state index is 13.6. The number of carbonyl (C=O) groups is 1. The summed E-state index contributed by atoms with van der Waals surface area (Å²) in [4.78, 5) is 14.4. The van der Waals surface area contributed by atoms with Gasteiger partial charge < -0.3 is 14.2 Å². The van der Waals surface area contributed by atoms with Gasteiger partial charge in [0.2, 0.25) is 10.0 Å². The van der Waals surface area contributed by atoms with E-state index in [4.69, 9.17) is 14.2 Å². The monoisotopic (exact) mass is 558 g/mol. The number of carbonyl (C=O) groups excluding carboxylic acids is 1. The van der Waals surface area contributed by atoms with Crippen molar-refractivity contribution >= 4 is 16.0 Å². The molecule has 0 aliphatic carbocycles. The van der Waals surface area contributed by atoms with Crippen molar-refractivity contribution in [1.82, 2.24) is 9.21 Å². The predicted octanol–water partition coefficient (Wildman–Crippen LogP) is 5.04. The first-order chi connectivity index (χ1) is 18.5. The van der Waals surface area contributed by atoms with Crippen molar-refractivity contribution in [2.45, 2.75) is 63.5 Å². The Balaban J connectivity index is 1.62. The predicted molar refractivity (Wildman–Crippen MR) is 153 cm³/mol. The fourth-order valence-electron chi connectivity index (χ4n) is 4.32. The topological polar surface area (TPSA) is 85.4 Å². The molecule has 9 heteroatoms. The van der Waals surface area contributed by atoms with Crippen molar-refractivity contribution in [3.63, 3.8) is 0 Å². The number of sulfonamides is 1. The second-order valence-corrected chi connectivity index (χ2v) is 12.6. The van der Waals surface area contributed by atoms with Gasteiger partial charge in [-0.2, -0.15) is 4.31 Å². The maximum Gasteiger partial charge on any atom is 0.306 e. The zero-order valence-electron chi connectivity index (χ0n) is 23.6. The third-order valence-electron chi connectivity index (χ3n) is 6.37. The Kier molecular flexibility index (Phi) is 11.1. The lowest BCUT2D eigenvalue weighted by Gasteiger charge is -2.32. The first-order valence-corrected chi connectivity index (χ1v) is 14.9. The lowest BCUT2D eigenvalue weighted by Crippen LogP contribution is -2.45. The SMILES string of the molecule is C=CC[C@@H](C)N(CCN1CCOCC1)S(=O)(=O)c1ccc(Oc2ccc(CCC(=O)OC(C)(C)C)cc2)cc1. The van der Waals surface area contributed by atoms with E-state index in [0.29, 0.717) is 57.1 Å². The zero-order chi connectivity index (χ0) is 28.5. The van der Waals surface area contributed by atoms with Gasteiger partial charge in [-0.3, -0.25) is 9.69 Å². The Morgan fingerprint density at radius 2 is 1.67 bits per heavy atom. The standard InChI is InChI=1S/C30H42N2O6S/c1-6-7-24(2)32(19-18-31-20-22-36-23-21-31)39(34,35)28-15-13-27(14-16-28)37-26-11-8-25(9-12-26)10-17-29(33)38-30(3,4)5/h6,8-9,11-16,24H,1,7,10,17-23H2,2-5H3/t24-/m1/s1. The van der Waals surface area contributed by atoms with Crippen LogP contribution in [0.2, 0.25) is 0 Å². The lowest BCUT2D eigenvalue weighted by molar-refractivity contribution is -0.154. The average Bonchev–Trinajstić information content (AvgIpc) is 2.88. The van der Waals surface area contributed by atoms with Gasteiger partial charge in [0.25, 0.3) is 0 Å². The molecule has 0 radical (unpaired) electrons. The fraction of sp³-hybridized carbons (Fsp3) is 0.500. The van der Waals surface area contributed by atoms with E-state index < -0.39 is 15.6 Å². The number of aryl methyl sites for hydroxylation is 1. The first kappa shape index (κ1) is 30.8. The molecule has 1 fully saturated rings. The molecule has 0 amide bonds. The number of nitrogens with zero attached hydrogens (tertiary/aromatic N) is 2. The van der Waals surface area contributed by atoms with Crippen molar-refractivity contribution in [2.24, 2.45) is 0 Å². The van der Waals surface area contributed by atoms with E-state index in [1.807, 2.05) is 52.0 Å². The summed E-state index contributed by atoms with van der Waals surface area (Å²) in [5.74, 6) is 0.934. The highest BCUT2D eigenvalue weighted by Gasteiger charge is 2.29. The number of esters is 1. The summed E-state index contributed by atoms with van der Waals surface area (Å²) in [6.45, 7) is 15.3. The van der Waals surface area contributed by atoms with Crippen LogP contribution in [0.3, 0.4) is 0 Å². The Morgan fingerprint density at radius 3 is 2.23 bits per heavy atom. The molecule has 1 atom stereocenters.